The molecule has 1 aliphatic rings. The van der Waals surface area contributed by atoms with Crippen molar-refractivity contribution in [2.45, 2.75) is 41.2 Å². The van der Waals surface area contributed by atoms with Crippen molar-refractivity contribution in [3.05, 3.63) is 35.4 Å². The van der Waals surface area contributed by atoms with Gasteiger partial charge >= 0.3 is 0 Å². The minimum absolute atomic E-state index is 0.174. The maximum Gasteiger partial charge on any atom is 0.254 e. The predicted molar refractivity (Wildman–Crippen MR) is 69.6 cm³/mol. The molecule has 2 rings (SSSR count). The standard InChI is InChI=1S/C10H11NO.2C2H6/c1-2-11-7-8-5-3-4-6-9(8)10(11)12;2*1-2/h3-6H,2,7H2,1H3;2*1-2H3. The molecule has 0 atom stereocenters. The Balaban J connectivity index is 0.000000509. The smallest absolute Gasteiger partial charge is 0.254 e. The molecule has 1 heterocycles. The van der Waals surface area contributed by atoms with E-state index in [2.05, 4.69) is 0 Å². The first kappa shape index (κ1) is 14.7. The van der Waals surface area contributed by atoms with E-state index in [1.165, 1.54) is 0 Å². The summed E-state index contributed by atoms with van der Waals surface area (Å²) in [5, 5.41) is 0. The number of amides is 1. The third-order valence-corrected chi connectivity index (χ3v) is 2.28. The molecule has 0 spiro atoms. The van der Waals surface area contributed by atoms with Crippen LogP contribution in [0.4, 0.5) is 0 Å². The van der Waals surface area contributed by atoms with Gasteiger partial charge in [0.05, 0.1) is 0 Å². The van der Waals surface area contributed by atoms with E-state index in [1.807, 2.05) is 63.8 Å². The summed E-state index contributed by atoms with van der Waals surface area (Å²) in [4.78, 5) is 13.4. The Morgan fingerprint density at radius 3 is 2.19 bits per heavy atom. The molecule has 1 aliphatic heterocycles. The molecule has 0 unspecified atom stereocenters. The number of nitrogens with zero attached hydrogens (tertiary/aromatic N) is 1. The maximum atomic E-state index is 11.6. The van der Waals surface area contributed by atoms with Crippen LogP contribution in [0.3, 0.4) is 0 Å². The van der Waals surface area contributed by atoms with E-state index >= 15 is 0 Å². The molecule has 0 aromatic heterocycles. The van der Waals surface area contributed by atoms with E-state index in [4.69, 9.17) is 0 Å². The average molecular weight is 221 g/mol. The molecule has 1 amide bonds. The summed E-state index contributed by atoms with van der Waals surface area (Å²) in [5.74, 6) is 0.174. The second kappa shape index (κ2) is 7.91. The molecule has 0 bridgehead atoms. The molecule has 2 nitrogen and oxygen atoms in total. The van der Waals surface area contributed by atoms with Gasteiger partial charge in [0.15, 0.2) is 0 Å². The van der Waals surface area contributed by atoms with Gasteiger partial charge in [0.25, 0.3) is 5.91 Å². The van der Waals surface area contributed by atoms with Gasteiger partial charge in [0, 0.05) is 18.7 Å². The van der Waals surface area contributed by atoms with Crippen molar-refractivity contribution in [1.82, 2.24) is 4.90 Å². The molecule has 0 N–H and O–H groups in total. The molecule has 0 saturated heterocycles. The molecule has 1 aromatic rings. The third kappa shape index (κ3) is 3.09. The summed E-state index contributed by atoms with van der Waals surface area (Å²) >= 11 is 0. The van der Waals surface area contributed by atoms with Crippen molar-refractivity contribution >= 4 is 5.91 Å². The van der Waals surface area contributed by atoms with Crippen LogP contribution >= 0.6 is 0 Å². The lowest BCUT2D eigenvalue weighted by Crippen LogP contribution is -2.22. The Kier molecular flexibility index (Phi) is 7.27. The van der Waals surface area contributed by atoms with Gasteiger partial charge in [-0.15, -0.1) is 0 Å². The maximum absolute atomic E-state index is 11.6. The molecule has 0 saturated carbocycles. The summed E-state index contributed by atoms with van der Waals surface area (Å²) in [6, 6.07) is 7.80. The minimum Gasteiger partial charge on any atom is -0.335 e. The number of carbonyl (C=O) groups excluding carboxylic acids is 1. The summed E-state index contributed by atoms with van der Waals surface area (Å²) in [6.07, 6.45) is 0. The van der Waals surface area contributed by atoms with E-state index in [9.17, 15) is 4.79 Å². The molecule has 0 fully saturated rings. The van der Waals surface area contributed by atoms with Gasteiger partial charge in [-0.05, 0) is 18.6 Å². The highest BCUT2D eigenvalue weighted by molar-refractivity contribution is 5.98. The van der Waals surface area contributed by atoms with Crippen molar-refractivity contribution in [2.24, 2.45) is 0 Å². The van der Waals surface area contributed by atoms with E-state index in [1.54, 1.807) is 0 Å². The second-order valence-electron chi connectivity index (χ2n) is 2.98. The van der Waals surface area contributed by atoms with Gasteiger partial charge in [-0.1, -0.05) is 45.9 Å². The second-order valence-corrected chi connectivity index (χ2v) is 2.98. The molecule has 90 valence electrons. The van der Waals surface area contributed by atoms with Crippen LogP contribution < -0.4 is 0 Å². The van der Waals surface area contributed by atoms with Crippen molar-refractivity contribution in [2.75, 3.05) is 6.54 Å². The third-order valence-electron chi connectivity index (χ3n) is 2.28. The number of hydrogen-bond acceptors (Lipinski definition) is 1. The Labute approximate surface area is 99.3 Å². The van der Waals surface area contributed by atoms with Crippen LogP contribution in [-0.4, -0.2) is 17.4 Å². The predicted octanol–water partition coefficient (Wildman–Crippen LogP) is 3.71. The average Bonchev–Trinajstić information content (AvgIpc) is 2.72. The summed E-state index contributed by atoms with van der Waals surface area (Å²) in [5.41, 5.74) is 2.03. The number of benzene rings is 1. The van der Waals surface area contributed by atoms with Gasteiger partial charge < -0.3 is 4.90 Å². The van der Waals surface area contributed by atoms with Gasteiger partial charge in [0.2, 0.25) is 0 Å². The Bertz CT molecular complexity index is 320. The van der Waals surface area contributed by atoms with E-state index in [-0.39, 0.29) is 5.91 Å². The fourth-order valence-corrected chi connectivity index (χ4v) is 1.57. The summed E-state index contributed by atoms with van der Waals surface area (Å²) in [6.45, 7) is 11.6. The van der Waals surface area contributed by atoms with Gasteiger partial charge in [-0.3, -0.25) is 4.79 Å². The zero-order valence-corrected chi connectivity index (χ0v) is 11.1. The summed E-state index contributed by atoms with van der Waals surface area (Å²) in [7, 11) is 0. The van der Waals surface area contributed by atoms with Crippen LogP contribution in [0.25, 0.3) is 0 Å². The number of hydrogen-bond donors (Lipinski definition) is 0. The van der Waals surface area contributed by atoms with E-state index in [0.717, 1.165) is 24.2 Å². The Morgan fingerprint density at radius 1 is 1.12 bits per heavy atom. The molecular formula is C14H23NO. The Morgan fingerprint density at radius 2 is 1.69 bits per heavy atom. The molecule has 2 heteroatoms. The largest absolute Gasteiger partial charge is 0.335 e. The first-order valence-corrected chi connectivity index (χ1v) is 6.20. The van der Waals surface area contributed by atoms with Crippen LogP contribution in [0.1, 0.15) is 50.5 Å². The lowest BCUT2D eigenvalue weighted by molar-refractivity contribution is 0.0787. The van der Waals surface area contributed by atoms with Crippen molar-refractivity contribution < 1.29 is 4.79 Å². The van der Waals surface area contributed by atoms with Crippen LogP contribution in [0.5, 0.6) is 0 Å². The van der Waals surface area contributed by atoms with Crippen LogP contribution in [-0.2, 0) is 6.54 Å². The molecule has 0 radical (unpaired) electrons. The quantitative estimate of drug-likeness (QED) is 0.708. The zero-order valence-electron chi connectivity index (χ0n) is 11.1. The fourth-order valence-electron chi connectivity index (χ4n) is 1.57. The van der Waals surface area contributed by atoms with Gasteiger partial charge in [-0.2, -0.15) is 0 Å². The minimum atomic E-state index is 0.174. The van der Waals surface area contributed by atoms with Crippen LogP contribution in [0, 0.1) is 0 Å². The summed E-state index contributed by atoms with van der Waals surface area (Å²) < 4.78 is 0. The lowest BCUT2D eigenvalue weighted by Gasteiger charge is -2.10. The molecule has 1 aromatic carbocycles. The van der Waals surface area contributed by atoms with Crippen molar-refractivity contribution in [3.8, 4) is 0 Å². The lowest BCUT2D eigenvalue weighted by atomic mass is 10.1. The van der Waals surface area contributed by atoms with E-state index < -0.39 is 0 Å². The first-order chi connectivity index (χ1) is 7.83. The Hall–Kier alpha value is -1.31. The zero-order chi connectivity index (χ0) is 12.6. The van der Waals surface area contributed by atoms with Gasteiger partial charge in [-0.25, -0.2) is 0 Å². The fraction of sp³-hybridized carbons (Fsp3) is 0.500. The molecule has 0 aliphatic carbocycles. The first-order valence-electron chi connectivity index (χ1n) is 6.20. The number of rotatable bonds is 1. The highest BCUT2D eigenvalue weighted by Crippen LogP contribution is 2.21. The SMILES string of the molecule is CC.CC.CCN1Cc2ccccc2C1=O. The van der Waals surface area contributed by atoms with Crippen LogP contribution in [0.15, 0.2) is 24.3 Å². The molecular weight excluding hydrogens is 198 g/mol. The monoisotopic (exact) mass is 221 g/mol. The topological polar surface area (TPSA) is 20.3 Å². The molecule has 16 heavy (non-hydrogen) atoms. The highest BCUT2D eigenvalue weighted by atomic mass is 16.2. The highest BCUT2D eigenvalue weighted by Gasteiger charge is 2.24. The number of fused-ring (bicyclic) bond motifs is 1. The van der Waals surface area contributed by atoms with Crippen molar-refractivity contribution in [1.29, 1.82) is 0 Å². The van der Waals surface area contributed by atoms with Crippen molar-refractivity contribution in [3.63, 3.8) is 0 Å². The van der Waals surface area contributed by atoms with E-state index in [0.29, 0.717) is 0 Å². The normalized spacial score (nSPS) is 12.1. The number of carbonyl (C=O) groups is 1. The van der Waals surface area contributed by atoms with Crippen LogP contribution in [0.2, 0.25) is 0 Å². The van der Waals surface area contributed by atoms with Gasteiger partial charge in [0.1, 0.15) is 0 Å².